The summed E-state index contributed by atoms with van der Waals surface area (Å²) in [6, 6.07) is 11.9. The number of hydrogen-bond donors (Lipinski definition) is 2. The van der Waals surface area contributed by atoms with Crippen molar-refractivity contribution in [3.8, 4) is 6.07 Å². The Balaban J connectivity index is 1.68. The van der Waals surface area contributed by atoms with Crippen LogP contribution in [0.1, 0.15) is 58.5 Å². The Bertz CT molecular complexity index is 851. The van der Waals surface area contributed by atoms with Gasteiger partial charge in [0.2, 0.25) is 0 Å². The first-order valence-electron chi connectivity index (χ1n) is 8.74. The van der Waals surface area contributed by atoms with Gasteiger partial charge in [0.1, 0.15) is 5.69 Å². The van der Waals surface area contributed by atoms with Gasteiger partial charge >= 0.3 is 0 Å². The Hall–Kier alpha value is -3.20. The van der Waals surface area contributed by atoms with Crippen molar-refractivity contribution >= 4 is 17.5 Å². The van der Waals surface area contributed by atoms with Crippen molar-refractivity contribution < 1.29 is 9.59 Å². The number of nitrogens with one attached hydrogen (secondary N) is 2. The van der Waals surface area contributed by atoms with Gasteiger partial charge in [0.25, 0.3) is 11.8 Å². The van der Waals surface area contributed by atoms with Crippen molar-refractivity contribution in [2.24, 2.45) is 0 Å². The van der Waals surface area contributed by atoms with E-state index in [-0.39, 0.29) is 23.6 Å². The largest absolute Gasteiger partial charge is 0.348 e. The maximum Gasteiger partial charge on any atom is 0.270 e. The Morgan fingerprint density at radius 2 is 1.88 bits per heavy atom. The molecular formula is C20H20N4O2. The Morgan fingerprint density at radius 1 is 1.08 bits per heavy atom. The van der Waals surface area contributed by atoms with Crippen LogP contribution in [0.4, 0.5) is 5.69 Å². The van der Waals surface area contributed by atoms with Gasteiger partial charge < -0.3 is 10.6 Å². The standard InChI is InChI=1S/C20H20N4O2/c21-13-14-5-4-8-17(11-14)24-19(25)15-9-10-22-18(12-15)20(26)23-16-6-2-1-3-7-16/h4-5,8-12,16H,1-3,6-7H2,(H,23,26)(H,24,25). The van der Waals surface area contributed by atoms with Crippen molar-refractivity contribution in [3.05, 3.63) is 59.4 Å². The van der Waals surface area contributed by atoms with E-state index in [9.17, 15) is 9.59 Å². The van der Waals surface area contributed by atoms with Gasteiger partial charge in [0.15, 0.2) is 0 Å². The lowest BCUT2D eigenvalue weighted by Gasteiger charge is -2.22. The molecule has 2 N–H and O–H groups in total. The second-order valence-corrected chi connectivity index (χ2v) is 6.38. The summed E-state index contributed by atoms with van der Waals surface area (Å²) in [4.78, 5) is 28.9. The summed E-state index contributed by atoms with van der Waals surface area (Å²) < 4.78 is 0. The summed E-state index contributed by atoms with van der Waals surface area (Å²) in [6.07, 6.45) is 6.90. The molecule has 132 valence electrons. The first-order chi connectivity index (χ1) is 12.7. The smallest absolute Gasteiger partial charge is 0.270 e. The summed E-state index contributed by atoms with van der Waals surface area (Å²) in [5.74, 6) is -0.604. The van der Waals surface area contributed by atoms with E-state index in [1.54, 1.807) is 30.3 Å². The molecule has 1 fully saturated rings. The number of nitrogens with zero attached hydrogens (tertiary/aromatic N) is 2. The predicted octanol–water partition coefficient (Wildman–Crippen LogP) is 3.27. The topological polar surface area (TPSA) is 94.9 Å². The molecule has 1 aliphatic rings. The van der Waals surface area contributed by atoms with E-state index >= 15 is 0 Å². The first kappa shape index (κ1) is 17.6. The van der Waals surface area contributed by atoms with Crippen LogP contribution in [-0.4, -0.2) is 22.8 Å². The molecule has 1 saturated carbocycles. The Kier molecular flexibility index (Phi) is 5.59. The van der Waals surface area contributed by atoms with E-state index < -0.39 is 0 Å². The van der Waals surface area contributed by atoms with Crippen molar-refractivity contribution in [2.75, 3.05) is 5.32 Å². The van der Waals surface area contributed by atoms with E-state index in [0.29, 0.717) is 16.8 Å². The highest BCUT2D eigenvalue weighted by molar-refractivity contribution is 6.05. The molecule has 1 aromatic heterocycles. The van der Waals surface area contributed by atoms with Crippen LogP contribution < -0.4 is 10.6 Å². The van der Waals surface area contributed by atoms with Crippen LogP contribution in [0.15, 0.2) is 42.6 Å². The molecular weight excluding hydrogens is 328 g/mol. The molecule has 3 rings (SSSR count). The van der Waals surface area contributed by atoms with Crippen molar-refractivity contribution in [1.82, 2.24) is 10.3 Å². The van der Waals surface area contributed by atoms with Crippen LogP contribution in [0, 0.1) is 11.3 Å². The van der Waals surface area contributed by atoms with E-state index in [2.05, 4.69) is 15.6 Å². The number of pyridine rings is 1. The fourth-order valence-electron chi connectivity index (χ4n) is 3.07. The number of benzene rings is 1. The minimum atomic E-state index is -0.353. The normalized spacial score (nSPS) is 14.3. The van der Waals surface area contributed by atoms with Gasteiger partial charge in [0.05, 0.1) is 11.6 Å². The van der Waals surface area contributed by atoms with Crippen molar-refractivity contribution in [1.29, 1.82) is 5.26 Å². The molecule has 2 amide bonds. The highest BCUT2D eigenvalue weighted by Crippen LogP contribution is 2.18. The third-order valence-corrected chi connectivity index (χ3v) is 4.44. The zero-order valence-corrected chi connectivity index (χ0v) is 14.4. The highest BCUT2D eigenvalue weighted by atomic mass is 16.2. The first-order valence-corrected chi connectivity index (χ1v) is 8.74. The third-order valence-electron chi connectivity index (χ3n) is 4.44. The quantitative estimate of drug-likeness (QED) is 0.886. The Labute approximate surface area is 152 Å². The molecule has 0 spiro atoms. The zero-order valence-electron chi connectivity index (χ0n) is 14.4. The fourth-order valence-corrected chi connectivity index (χ4v) is 3.07. The molecule has 0 saturated heterocycles. The van der Waals surface area contributed by atoms with Crippen LogP contribution >= 0.6 is 0 Å². The molecule has 0 bridgehead atoms. The van der Waals surface area contributed by atoms with Crippen LogP contribution in [0.2, 0.25) is 0 Å². The summed E-state index contributed by atoms with van der Waals surface area (Å²) in [5.41, 5.74) is 1.56. The average molecular weight is 348 g/mol. The van der Waals surface area contributed by atoms with Crippen LogP contribution in [0.3, 0.4) is 0 Å². The molecule has 0 aliphatic heterocycles. The molecule has 1 aromatic carbocycles. The summed E-state index contributed by atoms with van der Waals surface area (Å²) in [6.45, 7) is 0. The van der Waals surface area contributed by atoms with Crippen LogP contribution in [-0.2, 0) is 0 Å². The molecule has 1 heterocycles. The van der Waals surface area contributed by atoms with Crippen LogP contribution in [0.25, 0.3) is 0 Å². The van der Waals surface area contributed by atoms with E-state index in [4.69, 9.17) is 5.26 Å². The SMILES string of the molecule is N#Cc1cccc(NC(=O)c2ccnc(C(=O)NC3CCCCC3)c2)c1. The monoisotopic (exact) mass is 348 g/mol. The second-order valence-electron chi connectivity index (χ2n) is 6.38. The number of nitriles is 1. The lowest BCUT2D eigenvalue weighted by atomic mass is 9.95. The lowest BCUT2D eigenvalue weighted by Crippen LogP contribution is -2.36. The number of rotatable bonds is 4. The summed E-state index contributed by atoms with van der Waals surface area (Å²) in [7, 11) is 0. The van der Waals surface area contributed by atoms with Crippen molar-refractivity contribution in [2.45, 2.75) is 38.1 Å². The highest BCUT2D eigenvalue weighted by Gasteiger charge is 2.18. The van der Waals surface area contributed by atoms with Crippen molar-refractivity contribution in [3.63, 3.8) is 0 Å². The van der Waals surface area contributed by atoms with Gasteiger partial charge in [-0.25, -0.2) is 0 Å². The molecule has 0 unspecified atom stereocenters. The molecule has 1 aliphatic carbocycles. The molecule has 0 atom stereocenters. The fraction of sp³-hybridized carbons (Fsp3) is 0.300. The average Bonchev–Trinajstić information content (AvgIpc) is 2.69. The number of carbonyl (C=O) groups is 2. The molecule has 0 radical (unpaired) electrons. The number of aromatic nitrogens is 1. The van der Waals surface area contributed by atoms with E-state index in [0.717, 1.165) is 25.7 Å². The van der Waals surface area contributed by atoms with Gasteiger partial charge in [-0.1, -0.05) is 25.3 Å². The lowest BCUT2D eigenvalue weighted by molar-refractivity contribution is 0.0922. The molecule has 6 nitrogen and oxygen atoms in total. The number of carbonyl (C=O) groups excluding carboxylic acids is 2. The minimum absolute atomic E-state index is 0.184. The van der Waals surface area contributed by atoms with E-state index in [1.165, 1.54) is 18.7 Å². The molecule has 2 aromatic rings. The molecule has 26 heavy (non-hydrogen) atoms. The van der Waals surface area contributed by atoms with Gasteiger partial charge in [-0.15, -0.1) is 0 Å². The number of amides is 2. The maximum absolute atomic E-state index is 12.4. The summed E-state index contributed by atoms with van der Waals surface area (Å²) in [5, 5.41) is 14.7. The molecule has 6 heteroatoms. The van der Waals surface area contributed by atoms with Gasteiger partial charge in [0, 0.05) is 23.5 Å². The van der Waals surface area contributed by atoms with Gasteiger partial charge in [-0.05, 0) is 43.2 Å². The minimum Gasteiger partial charge on any atom is -0.348 e. The van der Waals surface area contributed by atoms with Crippen LogP contribution in [0.5, 0.6) is 0 Å². The third kappa shape index (κ3) is 4.45. The summed E-state index contributed by atoms with van der Waals surface area (Å²) >= 11 is 0. The Morgan fingerprint density at radius 3 is 2.65 bits per heavy atom. The van der Waals surface area contributed by atoms with Gasteiger partial charge in [-0.2, -0.15) is 5.26 Å². The predicted molar refractivity (Wildman–Crippen MR) is 97.7 cm³/mol. The van der Waals surface area contributed by atoms with Gasteiger partial charge in [-0.3, -0.25) is 14.6 Å². The maximum atomic E-state index is 12.4. The zero-order chi connectivity index (χ0) is 18.4. The number of hydrogen-bond acceptors (Lipinski definition) is 4. The van der Waals surface area contributed by atoms with E-state index in [1.807, 2.05) is 6.07 Å². The second kappa shape index (κ2) is 8.26. The number of anilines is 1.